The maximum atomic E-state index is 13.4. The standard InChI is InChI=1S/C15H18FN3O3/c1-4-19(8-13-17-10(3)22-18-13)14(15(20)21)11-5-6-12(16)9(2)7-11/h5-7,14H,4,8H2,1-3H3,(H,20,21). The Morgan fingerprint density at radius 1 is 1.45 bits per heavy atom. The van der Waals surface area contributed by atoms with Crippen molar-refractivity contribution in [1.29, 1.82) is 0 Å². The van der Waals surface area contributed by atoms with Crippen LogP contribution in [0.1, 0.15) is 35.8 Å². The summed E-state index contributed by atoms with van der Waals surface area (Å²) in [6.45, 7) is 5.84. The number of aryl methyl sites for hydroxylation is 2. The summed E-state index contributed by atoms with van der Waals surface area (Å²) in [4.78, 5) is 17.5. The van der Waals surface area contributed by atoms with Gasteiger partial charge in [-0.1, -0.05) is 24.2 Å². The van der Waals surface area contributed by atoms with Crippen LogP contribution in [0.25, 0.3) is 0 Å². The minimum Gasteiger partial charge on any atom is -0.480 e. The Hall–Kier alpha value is -2.28. The van der Waals surface area contributed by atoms with Gasteiger partial charge in [-0.15, -0.1) is 0 Å². The van der Waals surface area contributed by atoms with E-state index in [0.717, 1.165) is 0 Å². The highest BCUT2D eigenvalue weighted by Gasteiger charge is 2.28. The van der Waals surface area contributed by atoms with Crippen molar-refractivity contribution in [2.75, 3.05) is 6.54 Å². The van der Waals surface area contributed by atoms with Gasteiger partial charge >= 0.3 is 5.97 Å². The van der Waals surface area contributed by atoms with Crippen LogP contribution in [0.2, 0.25) is 0 Å². The van der Waals surface area contributed by atoms with Gasteiger partial charge in [0.2, 0.25) is 5.89 Å². The van der Waals surface area contributed by atoms with Crippen molar-refractivity contribution in [3.63, 3.8) is 0 Å². The molecule has 6 nitrogen and oxygen atoms in total. The average Bonchev–Trinajstić information content (AvgIpc) is 2.87. The van der Waals surface area contributed by atoms with Crippen LogP contribution in [0.3, 0.4) is 0 Å². The normalized spacial score (nSPS) is 12.6. The number of carboxylic acids is 1. The fourth-order valence-corrected chi connectivity index (χ4v) is 2.32. The van der Waals surface area contributed by atoms with Crippen molar-refractivity contribution in [1.82, 2.24) is 15.0 Å². The number of rotatable bonds is 6. The lowest BCUT2D eigenvalue weighted by Gasteiger charge is -2.26. The quantitative estimate of drug-likeness (QED) is 0.883. The Kier molecular flexibility index (Phi) is 4.87. The first-order chi connectivity index (χ1) is 10.4. The van der Waals surface area contributed by atoms with Crippen molar-refractivity contribution < 1.29 is 18.8 Å². The first-order valence-corrected chi connectivity index (χ1v) is 6.94. The highest BCUT2D eigenvalue weighted by atomic mass is 19.1. The number of halogens is 1. The minimum atomic E-state index is -1.01. The van der Waals surface area contributed by atoms with Crippen molar-refractivity contribution in [3.05, 3.63) is 46.9 Å². The zero-order valence-electron chi connectivity index (χ0n) is 12.7. The van der Waals surface area contributed by atoms with Crippen LogP contribution >= 0.6 is 0 Å². The number of carbonyl (C=O) groups is 1. The molecule has 22 heavy (non-hydrogen) atoms. The van der Waals surface area contributed by atoms with Gasteiger partial charge in [-0.25, -0.2) is 4.39 Å². The molecule has 0 fully saturated rings. The van der Waals surface area contributed by atoms with Gasteiger partial charge in [0.05, 0.1) is 6.54 Å². The molecule has 0 saturated carbocycles. The highest BCUT2D eigenvalue weighted by molar-refractivity contribution is 5.75. The first-order valence-electron chi connectivity index (χ1n) is 6.94. The molecule has 118 valence electrons. The summed E-state index contributed by atoms with van der Waals surface area (Å²) in [5.41, 5.74) is 0.934. The molecule has 1 atom stereocenters. The molecule has 0 aliphatic carbocycles. The van der Waals surface area contributed by atoms with Crippen LogP contribution in [0.15, 0.2) is 22.7 Å². The van der Waals surface area contributed by atoms with E-state index in [1.165, 1.54) is 12.1 Å². The Labute approximate surface area is 127 Å². The van der Waals surface area contributed by atoms with Crippen LogP contribution in [0.4, 0.5) is 4.39 Å². The van der Waals surface area contributed by atoms with Crippen molar-refractivity contribution >= 4 is 5.97 Å². The average molecular weight is 307 g/mol. The second kappa shape index (κ2) is 6.65. The number of hydrogen-bond acceptors (Lipinski definition) is 5. The Morgan fingerprint density at radius 2 is 2.18 bits per heavy atom. The van der Waals surface area contributed by atoms with Gasteiger partial charge in [0.25, 0.3) is 0 Å². The maximum Gasteiger partial charge on any atom is 0.325 e. The second-order valence-corrected chi connectivity index (χ2v) is 5.04. The van der Waals surface area contributed by atoms with Gasteiger partial charge in [0, 0.05) is 6.92 Å². The molecule has 0 aliphatic heterocycles. The lowest BCUT2D eigenvalue weighted by Crippen LogP contribution is -2.34. The third kappa shape index (κ3) is 3.48. The van der Waals surface area contributed by atoms with Gasteiger partial charge in [0.15, 0.2) is 5.82 Å². The molecule has 1 aromatic carbocycles. The van der Waals surface area contributed by atoms with Gasteiger partial charge in [0.1, 0.15) is 11.9 Å². The lowest BCUT2D eigenvalue weighted by molar-refractivity contribution is -0.143. The molecule has 7 heteroatoms. The zero-order valence-corrected chi connectivity index (χ0v) is 12.7. The van der Waals surface area contributed by atoms with Gasteiger partial charge in [-0.05, 0) is 30.7 Å². The number of likely N-dealkylation sites (N-methyl/N-ethyl adjacent to an activating group) is 1. The van der Waals surface area contributed by atoms with E-state index < -0.39 is 12.0 Å². The predicted molar refractivity (Wildman–Crippen MR) is 76.6 cm³/mol. The van der Waals surface area contributed by atoms with Crippen LogP contribution in [-0.4, -0.2) is 32.7 Å². The number of hydrogen-bond donors (Lipinski definition) is 1. The molecule has 2 rings (SSSR count). The topological polar surface area (TPSA) is 79.5 Å². The van der Waals surface area contributed by atoms with E-state index >= 15 is 0 Å². The number of benzene rings is 1. The fraction of sp³-hybridized carbons (Fsp3) is 0.400. The van der Waals surface area contributed by atoms with Crippen LogP contribution in [0, 0.1) is 19.7 Å². The molecule has 1 N–H and O–H groups in total. The highest BCUT2D eigenvalue weighted by Crippen LogP contribution is 2.24. The zero-order chi connectivity index (χ0) is 16.3. The van der Waals surface area contributed by atoms with E-state index in [2.05, 4.69) is 10.1 Å². The molecule has 0 bridgehead atoms. The Balaban J connectivity index is 2.31. The molecule has 0 saturated heterocycles. The van der Waals surface area contributed by atoms with Crippen molar-refractivity contribution in [3.8, 4) is 0 Å². The fourth-order valence-electron chi connectivity index (χ4n) is 2.32. The summed E-state index contributed by atoms with van der Waals surface area (Å²) in [6.07, 6.45) is 0. The molecule has 2 aromatic rings. The molecule has 0 aliphatic rings. The minimum absolute atomic E-state index is 0.237. The summed E-state index contributed by atoms with van der Waals surface area (Å²) in [5.74, 6) is -0.516. The maximum absolute atomic E-state index is 13.4. The molecule has 1 aromatic heterocycles. The van der Waals surface area contributed by atoms with Gasteiger partial charge in [-0.2, -0.15) is 4.98 Å². The van der Waals surface area contributed by atoms with E-state index in [1.54, 1.807) is 24.8 Å². The summed E-state index contributed by atoms with van der Waals surface area (Å²) in [6, 6.07) is 3.43. The number of nitrogens with zero attached hydrogens (tertiary/aromatic N) is 3. The van der Waals surface area contributed by atoms with Crippen LogP contribution in [-0.2, 0) is 11.3 Å². The number of carboxylic acid groups (broad SMARTS) is 1. The molecule has 0 spiro atoms. The first kappa shape index (κ1) is 16.1. The monoisotopic (exact) mass is 307 g/mol. The summed E-state index contributed by atoms with van der Waals surface area (Å²) in [5, 5.41) is 13.4. The third-order valence-corrected chi connectivity index (χ3v) is 3.42. The molecular formula is C15H18FN3O3. The molecular weight excluding hydrogens is 289 g/mol. The summed E-state index contributed by atoms with van der Waals surface area (Å²) in [7, 11) is 0. The molecule has 0 radical (unpaired) electrons. The van der Waals surface area contributed by atoms with E-state index in [0.29, 0.717) is 29.4 Å². The largest absolute Gasteiger partial charge is 0.480 e. The van der Waals surface area contributed by atoms with Crippen molar-refractivity contribution in [2.45, 2.75) is 33.4 Å². The number of aliphatic carboxylic acids is 1. The summed E-state index contributed by atoms with van der Waals surface area (Å²) < 4.78 is 18.3. The van der Waals surface area contributed by atoms with E-state index in [9.17, 15) is 14.3 Å². The third-order valence-electron chi connectivity index (χ3n) is 3.42. The molecule has 0 amide bonds. The smallest absolute Gasteiger partial charge is 0.325 e. The van der Waals surface area contributed by atoms with Crippen LogP contribution in [0.5, 0.6) is 0 Å². The summed E-state index contributed by atoms with van der Waals surface area (Å²) >= 11 is 0. The lowest BCUT2D eigenvalue weighted by atomic mass is 10.0. The molecule has 1 unspecified atom stereocenters. The van der Waals surface area contributed by atoms with E-state index in [4.69, 9.17) is 4.52 Å². The Bertz CT molecular complexity index is 672. The second-order valence-electron chi connectivity index (χ2n) is 5.04. The van der Waals surface area contributed by atoms with E-state index in [-0.39, 0.29) is 12.4 Å². The number of aromatic nitrogens is 2. The SMILES string of the molecule is CCN(Cc1noc(C)n1)C(C(=O)O)c1ccc(F)c(C)c1. The van der Waals surface area contributed by atoms with Crippen LogP contribution < -0.4 is 0 Å². The predicted octanol–water partition coefficient (Wildman–Crippen LogP) is 2.47. The Morgan fingerprint density at radius 3 is 2.68 bits per heavy atom. The van der Waals surface area contributed by atoms with E-state index in [1.807, 2.05) is 6.92 Å². The van der Waals surface area contributed by atoms with Gasteiger partial charge in [-0.3, -0.25) is 9.69 Å². The molecule has 1 heterocycles. The van der Waals surface area contributed by atoms with Gasteiger partial charge < -0.3 is 9.63 Å². The van der Waals surface area contributed by atoms with Crippen molar-refractivity contribution in [2.24, 2.45) is 0 Å².